The van der Waals surface area contributed by atoms with Crippen LogP contribution in [-0.4, -0.2) is 33.0 Å². The van der Waals surface area contributed by atoms with Crippen LogP contribution in [0.2, 0.25) is 0 Å². The van der Waals surface area contributed by atoms with Crippen molar-refractivity contribution in [2.75, 3.05) is 19.5 Å². The summed E-state index contributed by atoms with van der Waals surface area (Å²) in [6, 6.07) is 6.27. The topological polar surface area (TPSA) is 63.6 Å². The molecule has 0 aromatic heterocycles. The molecule has 0 aliphatic rings. The molecule has 0 spiro atoms. The van der Waals surface area contributed by atoms with Crippen molar-refractivity contribution in [2.24, 2.45) is 0 Å². The van der Waals surface area contributed by atoms with Crippen molar-refractivity contribution in [2.45, 2.75) is 17.9 Å². The van der Waals surface area contributed by atoms with E-state index in [-0.39, 0.29) is 11.5 Å². The predicted octanol–water partition coefficient (Wildman–Crippen LogP) is 1.16. The largest absolute Gasteiger partial charge is 0.386 e. The van der Waals surface area contributed by atoms with Crippen LogP contribution in [0.5, 0.6) is 0 Å². The second-order valence-electron chi connectivity index (χ2n) is 3.52. The molecule has 1 aromatic carbocycles. The molecule has 1 N–H and O–H groups in total. The molecule has 0 radical (unpaired) electrons. The van der Waals surface area contributed by atoms with Crippen molar-refractivity contribution in [3.8, 4) is 0 Å². The lowest BCUT2D eigenvalue weighted by atomic mass is 10.1. The van der Waals surface area contributed by atoms with Crippen molar-refractivity contribution in [3.63, 3.8) is 0 Å². The SMILES string of the molecule is CCOCC(O)c1cccc(S(C)(=O)=O)c1. The van der Waals surface area contributed by atoms with Crippen LogP contribution >= 0.6 is 0 Å². The van der Waals surface area contributed by atoms with Crippen LogP contribution in [0.4, 0.5) is 0 Å². The van der Waals surface area contributed by atoms with Crippen LogP contribution in [-0.2, 0) is 14.6 Å². The van der Waals surface area contributed by atoms with Gasteiger partial charge in [-0.3, -0.25) is 0 Å². The summed E-state index contributed by atoms with van der Waals surface area (Å²) in [6.45, 7) is 2.52. The number of aliphatic hydroxyl groups excluding tert-OH is 1. The first-order valence-electron chi connectivity index (χ1n) is 5.01. The quantitative estimate of drug-likeness (QED) is 0.844. The summed E-state index contributed by atoms with van der Waals surface area (Å²) in [7, 11) is -3.23. The van der Waals surface area contributed by atoms with E-state index in [1.165, 1.54) is 12.1 Å². The minimum absolute atomic E-state index is 0.170. The summed E-state index contributed by atoms with van der Waals surface area (Å²) in [5.41, 5.74) is 0.552. The summed E-state index contributed by atoms with van der Waals surface area (Å²) in [6.07, 6.45) is 0.350. The molecular formula is C11H16O4S. The van der Waals surface area contributed by atoms with Gasteiger partial charge in [0.15, 0.2) is 9.84 Å². The van der Waals surface area contributed by atoms with Crippen molar-refractivity contribution >= 4 is 9.84 Å². The third-order valence-electron chi connectivity index (χ3n) is 2.15. The first-order chi connectivity index (χ1) is 7.45. The highest BCUT2D eigenvalue weighted by atomic mass is 32.2. The molecule has 0 saturated heterocycles. The van der Waals surface area contributed by atoms with Gasteiger partial charge in [0.05, 0.1) is 11.5 Å². The lowest BCUT2D eigenvalue weighted by Gasteiger charge is -2.11. The van der Waals surface area contributed by atoms with Gasteiger partial charge in [-0.1, -0.05) is 12.1 Å². The maximum absolute atomic E-state index is 11.3. The van der Waals surface area contributed by atoms with E-state index in [1.54, 1.807) is 12.1 Å². The third kappa shape index (κ3) is 3.59. The molecule has 0 aliphatic carbocycles. The summed E-state index contributed by atoms with van der Waals surface area (Å²) >= 11 is 0. The van der Waals surface area contributed by atoms with Crippen molar-refractivity contribution in [3.05, 3.63) is 29.8 Å². The van der Waals surface area contributed by atoms with Crippen LogP contribution in [0.1, 0.15) is 18.6 Å². The lowest BCUT2D eigenvalue weighted by molar-refractivity contribution is 0.0419. The molecule has 5 heteroatoms. The van der Waals surface area contributed by atoms with E-state index in [0.717, 1.165) is 6.26 Å². The highest BCUT2D eigenvalue weighted by Crippen LogP contribution is 2.17. The van der Waals surface area contributed by atoms with E-state index < -0.39 is 15.9 Å². The first kappa shape index (κ1) is 13.2. The van der Waals surface area contributed by atoms with Gasteiger partial charge >= 0.3 is 0 Å². The van der Waals surface area contributed by atoms with Gasteiger partial charge in [-0.05, 0) is 24.6 Å². The number of hydrogen-bond acceptors (Lipinski definition) is 4. The Bertz CT molecular complexity index is 439. The Hall–Kier alpha value is -0.910. The summed E-state index contributed by atoms with van der Waals surface area (Å²) in [4.78, 5) is 0.209. The first-order valence-corrected chi connectivity index (χ1v) is 6.90. The molecule has 16 heavy (non-hydrogen) atoms. The molecule has 0 amide bonds. The molecule has 1 unspecified atom stereocenters. The average Bonchev–Trinajstić information content (AvgIpc) is 2.25. The average molecular weight is 244 g/mol. The van der Waals surface area contributed by atoms with E-state index in [1.807, 2.05) is 6.92 Å². The van der Waals surface area contributed by atoms with Crippen LogP contribution in [0.3, 0.4) is 0 Å². The third-order valence-corrected chi connectivity index (χ3v) is 3.26. The normalized spacial score (nSPS) is 13.7. The maximum Gasteiger partial charge on any atom is 0.175 e. The predicted molar refractivity (Wildman–Crippen MR) is 61.0 cm³/mol. The Balaban J connectivity index is 2.90. The molecule has 1 atom stereocenters. The molecular weight excluding hydrogens is 228 g/mol. The number of rotatable bonds is 5. The Kier molecular flexibility index (Phi) is 4.46. The molecule has 1 aromatic rings. The van der Waals surface area contributed by atoms with Gasteiger partial charge in [0.1, 0.15) is 6.10 Å². The maximum atomic E-state index is 11.3. The lowest BCUT2D eigenvalue weighted by Crippen LogP contribution is -2.08. The second-order valence-corrected chi connectivity index (χ2v) is 5.54. The summed E-state index contributed by atoms with van der Waals surface area (Å²) < 4.78 is 27.7. The van der Waals surface area contributed by atoms with E-state index in [0.29, 0.717) is 12.2 Å². The van der Waals surface area contributed by atoms with Crippen LogP contribution < -0.4 is 0 Å². The highest BCUT2D eigenvalue weighted by molar-refractivity contribution is 7.90. The Morgan fingerprint density at radius 1 is 1.44 bits per heavy atom. The molecule has 0 bridgehead atoms. The molecule has 1 rings (SSSR count). The van der Waals surface area contributed by atoms with E-state index in [9.17, 15) is 13.5 Å². The number of sulfone groups is 1. The Labute approximate surface area is 95.8 Å². The standard InChI is InChI=1S/C11H16O4S/c1-3-15-8-11(12)9-5-4-6-10(7-9)16(2,13)14/h4-7,11-12H,3,8H2,1-2H3. The minimum atomic E-state index is -3.23. The highest BCUT2D eigenvalue weighted by Gasteiger charge is 2.12. The fraction of sp³-hybridized carbons (Fsp3) is 0.455. The molecule has 90 valence electrons. The van der Waals surface area contributed by atoms with Crippen molar-refractivity contribution in [1.82, 2.24) is 0 Å². The molecule has 4 nitrogen and oxygen atoms in total. The number of ether oxygens (including phenoxy) is 1. The van der Waals surface area contributed by atoms with Crippen molar-refractivity contribution in [1.29, 1.82) is 0 Å². The van der Waals surface area contributed by atoms with E-state index >= 15 is 0 Å². The van der Waals surface area contributed by atoms with Gasteiger partial charge in [-0.15, -0.1) is 0 Å². The monoisotopic (exact) mass is 244 g/mol. The zero-order chi connectivity index (χ0) is 12.2. The van der Waals surface area contributed by atoms with Gasteiger partial charge in [-0.2, -0.15) is 0 Å². The van der Waals surface area contributed by atoms with Gasteiger partial charge < -0.3 is 9.84 Å². The molecule has 0 fully saturated rings. The smallest absolute Gasteiger partial charge is 0.175 e. The zero-order valence-corrected chi connectivity index (χ0v) is 10.2. The van der Waals surface area contributed by atoms with Crippen LogP contribution in [0.15, 0.2) is 29.2 Å². The summed E-state index contributed by atoms with van der Waals surface area (Å²) in [5.74, 6) is 0. The molecule has 0 heterocycles. The van der Waals surface area contributed by atoms with Gasteiger partial charge in [0.25, 0.3) is 0 Å². The van der Waals surface area contributed by atoms with Gasteiger partial charge in [0, 0.05) is 12.9 Å². The molecule has 0 aliphatic heterocycles. The van der Waals surface area contributed by atoms with Crippen LogP contribution in [0, 0.1) is 0 Å². The number of benzene rings is 1. The fourth-order valence-corrected chi connectivity index (χ4v) is 1.95. The zero-order valence-electron chi connectivity index (χ0n) is 9.38. The van der Waals surface area contributed by atoms with E-state index in [4.69, 9.17) is 4.74 Å². The second kappa shape index (κ2) is 5.43. The van der Waals surface area contributed by atoms with Crippen molar-refractivity contribution < 1.29 is 18.3 Å². The van der Waals surface area contributed by atoms with Crippen LogP contribution in [0.25, 0.3) is 0 Å². The van der Waals surface area contributed by atoms with Gasteiger partial charge in [-0.25, -0.2) is 8.42 Å². The molecule has 0 saturated carbocycles. The van der Waals surface area contributed by atoms with Gasteiger partial charge in [0.2, 0.25) is 0 Å². The Morgan fingerprint density at radius 2 is 2.12 bits per heavy atom. The fourth-order valence-electron chi connectivity index (χ4n) is 1.28. The minimum Gasteiger partial charge on any atom is -0.386 e. The number of aliphatic hydroxyl groups is 1. The number of hydrogen-bond donors (Lipinski definition) is 1. The summed E-state index contributed by atoms with van der Waals surface area (Å²) in [5, 5.41) is 9.72. The Morgan fingerprint density at radius 3 is 2.69 bits per heavy atom. The van der Waals surface area contributed by atoms with E-state index in [2.05, 4.69) is 0 Å².